The lowest BCUT2D eigenvalue weighted by Crippen LogP contribution is -2.54. The summed E-state index contributed by atoms with van der Waals surface area (Å²) in [5.41, 5.74) is 1.09. The van der Waals surface area contributed by atoms with E-state index >= 15 is 0 Å². The van der Waals surface area contributed by atoms with Crippen molar-refractivity contribution in [1.29, 1.82) is 0 Å². The quantitative estimate of drug-likeness (QED) is 0.320. The van der Waals surface area contributed by atoms with Crippen LogP contribution < -0.4 is 19.7 Å². The predicted molar refractivity (Wildman–Crippen MR) is 133 cm³/mol. The maximum atomic E-state index is 13.3. The van der Waals surface area contributed by atoms with Gasteiger partial charge in [-0.3, -0.25) is 14.9 Å². The zero-order chi connectivity index (χ0) is 25.7. The molecule has 0 aromatic heterocycles. The highest BCUT2D eigenvalue weighted by atomic mass is 35.5. The number of imide groups is 2. The van der Waals surface area contributed by atoms with Crippen molar-refractivity contribution in [3.8, 4) is 11.5 Å². The third-order valence-corrected chi connectivity index (χ3v) is 5.48. The van der Waals surface area contributed by atoms with Crippen molar-refractivity contribution in [3.05, 3.63) is 94.3 Å². The first-order valence-electron chi connectivity index (χ1n) is 11.2. The first kappa shape index (κ1) is 24.9. The highest BCUT2D eigenvalue weighted by Gasteiger charge is 2.37. The Bertz CT molecular complexity index is 1320. The fraction of sp³-hybridized carbons (Fsp3) is 0.148. The average molecular weight is 509 g/mol. The number of nitrogens with zero attached hydrogens (tertiary/aromatic N) is 1. The van der Waals surface area contributed by atoms with Gasteiger partial charge in [0.15, 0.2) is 0 Å². The summed E-state index contributed by atoms with van der Waals surface area (Å²) in [6.45, 7) is 2.64. The fourth-order valence-corrected chi connectivity index (χ4v) is 3.64. The van der Waals surface area contributed by atoms with E-state index in [0.29, 0.717) is 28.7 Å². The summed E-state index contributed by atoms with van der Waals surface area (Å²) in [6, 6.07) is 16.1. The second kappa shape index (κ2) is 11.0. The number of hydrogen-bond donors (Lipinski definition) is 1. The molecule has 0 bridgehead atoms. The predicted octanol–water partition coefficient (Wildman–Crippen LogP) is 5.51. The molecule has 4 amide bonds. The number of rotatable bonds is 8. The highest BCUT2D eigenvalue weighted by Crippen LogP contribution is 2.29. The molecule has 7 nitrogen and oxygen atoms in total. The van der Waals surface area contributed by atoms with Gasteiger partial charge in [0, 0.05) is 10.6 Å². The van der Waals surface area contributed by atoms with Crippen molar-refractivity contribution in [2.45, 2.75) is 20.0 Å². The van der Waals surface area contributed by atoms with Crippen LogP contribution >= 0.6 is 11.6 Å². The van der Waals surface area contributed by atoms with Crippen LogP contribution in [0, 0.1) is 5.82 Å². The van der Waals surface area contributed by atoms with Gasteiger partial charge in [-0.2, -0.15) is 0 Å². The molecule has 9 heteroatoms. The van der Waals surface area contributed by atoms with Gasteiger partial charge in [0.2, 0.25) is 0 Å². The topological polar surface area (TPSA) is 84.9 Å². The Balaban J connectivity index is 1.61. The summed E-state index contributed by atoms with van der Waals surface area (Å²) >= 11 is 6.15. The van der Waals surface area contributed by atoms with Gasteiger partial charge >= 0.3 is 6.03 Å². The molecule has 0 radical (unpaired) electrons. The normalized spacial score (nSPS) is 14.7. The molecule has 0 saturated carbocycles. The summed E-state index contributed by atoms with van der Waals surface area (Å²) in [5.74, 6) is -1.05. The second-order valence-electron chi connectivity index (χ2n) is 7.90. The number of nitrogens with one attached hydrogen (secondary N) is 1. The molecule has 36 heavy (non-hydrogen) atoms. The number of carbonyl (C=O) groups excluding carboxylic acids is 3. The van der Waals surface area contributed by atoms with Crippen LogP contribution in [0.3, 0.4) is 0 Å². The molecular formula is C27H22ClFN2O5. The summed E-state index contributed by atoms with van der Waals surface area (Å²) in [5, 5.41) is 2.55. The van der Waals surface area contributed by atoms with E-state index in [1.165, 1.54) is 24.3 Å². The standard InChI is InChI=1S/C27H22ClFN2O5/c1-2-13-35-22-10-8-21(9-11-22)31-26(33)23(25(32)30-27(31)34)15-18-14-19(28)5-12-24(18)36-16-17-3-6-20(29)7-4-17/h3-12,14-15H,2,13,16H2,1H3,(H,30,32,34)/b23-15-. The highest BCUT2D eigenvalue weighted by molar-refractivity contribution is 6.39. The van der Waals surface area contributed by atoms with E-state index in [2.05, 4.69) is 5.32 Å². The Labute approximate surface area is 212 Å². The second-order valence-corrected chi connectivity index (χ2v) is 8.33. The van der Waals surface area contributed by atoms with Gasteiger partial charge in [-0.1, -0.05) is 30.7 Å². The molecule has 0 atom stereocenters. The van der Waals surface area contributed by atoms with Gasteiger partial charge in [0.05, 0.1) is 12.3 Å². The molecule has 1 aliphatic heterocycles. The number of carbonyl (C=O) groups is 3. The lowest BCUT2D eigenvalue weighted by atomic mass is 10.1. The Kier molecular flexibility index (Phi) is 7.65. The molecule has 1 N–H and O–H groups in total. The van der Waals surface area contributed by atoms with E-state index in [0.717, 1.165) is 16.9 Å². The Morgan fingerprint density at radius 1 is 0.972 bits per heavy atom. The van der Waals surface area contributed by atoms with Crippen LogP contribution in [0.5, 0.6) is 11.5 Å². The van der Waals surface area contributed by atoms with Crippen LogP contribution in [0.4, 0.5) is 14.9 Å². The average Bonchev–Trinajstić information content (AvgIpc) is 2.86. The minimum Gasteiger partial charge on any atom is -0.494 e. The van der Waals surface area contributed by atoms with Crippen LogP contribution in [-0.2, 0) is 16.2 Å². The first-order chi connectivity index (χ1) is 17.4. The van der Waals surface area contributed by atoms with E-state index in [9.17, 15) is 18.8 Å². The van der Waals surface area contributed by atoms with Gasteiger partial charge < -0.3 is 9.47 Å². The third-order valence-electron chi connectivity index (χ3n) is 5.25. The molecule has 0 unspecified atom stereocenters. The molecule has 3 aromatic rings. The maximum absolute atomic E-state index is 13.3. The van der Waals surface area contributed by atoms with Crippen LogP contribution in [0.15, 0.2) is 72.3 Å². The van der Waals surface area contributed by atoms with Gasteiger partial charge in [0.1, 0.15) is 29.5 Å². The lowest BCUT2D eigenvalue weighted by molar-refractivity contribution is -0.122. The van der Waals surface area contributed by atoms with E-state index < -0.39 is 17.8 Å². The molecule has 1 saturated heterocycles. The van der Waals surface area contributed by atoms with Crippen molar-refractivity contribution in [1.82, 2.24) is 5.32 Å². The number of anilines is 1. The van der Waals surface area contributed by atoms with Gasteiger partial charge in [-0.05, 0) is 72.7 Å². The van der Waals surface area contributed by atoms with Crippen molar-refractivity contribution in [2.75, 3.05) is 11.5 Å². The summed E-state index contributed by atoms with van der Waals surface area (Å²) in [4.78, 5) is 39.2. The monoisotopic (exact) mass is 508 g/mol. The zero-order valence-electron chi connectivity index (χ0n) is 19.3. The number of barbiturate groups is 1. The minimum absolute atomic E-state index is 0.120. The zero-order valence-corrected chi connectivity index (χ0v) is 20.0. The van der Waals surface area contributed by atoms with E-state index in [4.69, 9.17) is 21.1 Å². The van der Waals surface area contributed by atoms with Crippen LogP contribution in [0.1, 0.15) is 24.5 Å². The molecule has 0 spiro atoms. The van der Waals surface area contributed by atoms with E-state index in [1.807, 2.05) is 6.92 Å². The molecule has 184 valence electrons. The largest absolute Gasteiger partial charge is 0.494 e. The smallest absolute Gasteiger partial charge is 0.335 e. The number of halogens is 2. The number of hydrogen-bond acceptors (Lipinski definition) is 5. The molecule has 0 aliphatic carbocycles. The van der Waals surface area contributed by atoms with Crippen molar-refractivity contribution >= 4 is 41.2 Å². The van der Waals surface area contributed by atoms with Crippen LogP contribution in [-0.4, -0.2) is 24.5 Å². The van der Waals surface area contributed by atoms with Crippen LogP contribution in [0.2, 0.25) is 5.02 Å². The number of amides is 4. The van der Waals surface area contributed by atoms with E-state index in [-0.39, 0.29) is 23.7 Å². The maximum Gasteiger partial charge on any atom is 0.335 e. The number of urea groups is 1. The molecule has 1 aliphatic rings. The molecule has 1 fully saturated rings. The Morgan fingerprint density at radius 3 is 2.39 bits per heavy atom. The SMILES string of the molecule is CCCOc1ccc(N2C(=O)NC(=O)/C(=C/c3cc(Cl)ccc3OCc3ccc(F)cc3)C2=O)cc1. The Morgan fingerprint density at radius 2 is 1.69 bits per heavy atom. The number of benzene rings is 3. The van der Waals surface area contributed by atoms with Gasteiger partial charge in [-0.15, -0.1) is 0 Å². The Hall–Kier alpha value is -4.17. The first-order valence-corrected chi connectivity index (χ1v) is 11.5. The molecular weight excluding hydrogens is 487 g/mol. The summed E-state index contributed by atoms with van der Waals surface area (Å²) in [7, 11) is 0. The number of ether oxygens (including phenoxy) is 2. The van der Waals surface area contributed by atoms with Crippen molar-refractivity contribution in [2.24, 2.45) is 0 Å². The van der Waals surface area contributed by atoms with E-state index in [1.54, 1.807) is 48.5 Å². The minimum atomic E-state index is -0.858. The summed E-state index contributed by atoms with van der Waals surface area (Å²) in [6.07, 6.45) is 2.16. The van der Waals surface area contributed by atoms with Gasteiger partial charge in [-0.25, -0.2) is 14.1 Å². The van der Waals surface area contributed by atoms with Crippen molar-refractivity contribution < 1.29 is 28.2 Å². The summed E-state index contributed by atoms with van der Waals surface area (Å²) < 4.78 is 24.6. The molecule has 3 aromatic carbocycles. The third kappa shape index (κ3) is 5.72. The fourth-order valence-electron chi connectivity index (χ4n) is 3.46. The van der Waals surface area contributed by atoms with Crippen LogP contribution in [0.25, 0.3) is 6.08 Å². The lowest BCUT2D eigenvalue weighted by Gasteiger charge is -2.26. The van der Waals surface area contributed by atoms with Crippen molar-refractivity contribution in [3.63, 3.8) is 0 Å². The molecule has 1 heterocycles. The molecule has 4 rings (SSSR count). The van der Waals surface area contributed by atoms with Gasteiger partial charge in [0.25, 0.3) is 11.8 Å².